The third-order valence-corrected chi connectivity index (χ3v) is 3.25. The van der Waals surface area contributed by atoms with Gasteiger partial charge in [0, 0.05) is 6.42 Å². The molecule has 0 fully saturated rings. The quantitative estimate of drug-likeness (QED) is 0.814. The molecule has 1 aromatic rings. The Kier molecular flexibility index (Phi) is 3.04. The van der Waals surface area contributed by atoms with Gasteiger partial charge in [0.2, 0.25) is 0 Å². The van der Waals surface area contributed by atoms with E-state index in [0.29, 0.717) is 13.0 Å². The highest BCUT2D eigenvalue weighted by Crippen LogP contribution is 2.35. The zero-order valence-corrected chi connectivity index (χ0v) is 10.9. The number of fused-ring (bicyclic) bond motifs is 1. The summed E-state index contributed by atoms with van der Waals surface area (Å²) in [5, 5.41) is 10.0. The van der Waals surface area contributed by atoms with Crippen molar-refractivity contribution in [2.75, 3.05) is 6.61 Å². The van der Waals surface area contributed by atoms with Crippen LogP contribution in [-0.2, 0) is 0 Å². The Morgan fingerprint density at radius 2 is 1.76 bits per heavy atom. The third kappa shape index (κ3) is 2.55. The van der Waals surface area contributed by atoms with Crippen molar-refractivity contribution in [2.24, 2.45) is 0 Å². The Bertz CT molecular complexity index is 418. The van der Waals surface area contributed by atoms with Crippen LogP contribution in [0.5, 0.6) is 11.5 Å². The number of hydrogen-bond acceptors (Lipinski definition) is 3. The predicted molar refractivity (Wildman–Crippen MR) is 66.7 cm³/mol. The fourth-order valence-electron chi connectivity index (χ4n) is 1.95. The first-order valence-corrected chi connectivity index (χ1v) is 6.01. The molecule has 0 aromatic heterocycles. The van der Waals surface area contributed by atoms with Crippen LogP contribution in [0, 0.1) is 13.8 Å². The van der Waals surface area contributed by atoms with Gasteiger partial charge in [0.1, 0.15) is 6.10 Å². The van der Waals surface area contributed by atoms with Crippen molar-refractivity contribution >= 4 is 0 Å². The maximum absolute atomic E-state index is 10.0. The highest BCUT2D eigenvalue weighted by atomic mass is 16.5. The number of benzene rings is 1. The normalized spacial score (nSPS) is 19.9. The van der Waals surface area contributed by atoms with Crippen LogP contribution in [0.1, 0.15) is 31.4 Å². The molecule has 0 amide bonds. The molecule has 1 aliphatic rings. The van der Waals surface area contributed by atoms with E-state index in [1.165, 1.54) is 11.1 Å². The molecule has 1 N–H and O–H groups in total. The first kappa shape index (κ1) is 12.2. The molecule has 0 saturated heterocycles. The van der Waals surface area contributed by atoms with Gasteiger partial charge >= 0.3 is 0 Å². The monoisotopic (exact) mass is 236 g/mol. The fourth-order valence-corrected chi connectivity index (χ4v) is 1.95. The van der Waals surface area contributed by atoms with Gasteiger partial charge in [-0.05, 0) is 51.0 Å². The summed E-state index contributed by atoms with van der Waals surface area (Å²) in [7, 11) is 0. The van der Waals surface area contributed by atoms with Gasteiger partial charge in [-0.2, -0.15) is 0 Å². The number of rotatable bonds is 1. The van der Waals surface area contributed by atoms with Crippen molar-refractivity contribution in [2.45, 2.75) is 45.8 Å². The molecule has 1 atom stereocenters. The predicted octanol–water partition coefficient (Wildman–Crippen LogP) is 2.60. The zero-order valence-electron chi connectivity index (χ0n) is 10.9. The average molecular weight is 236 g/mol. The van der Waals surface area contributed by atoms with Gasteiger partial charge in [-0.3, -0.25) is 0 Å². The second-order valence-electron chi connectivity index (χ2n) is 5.28. The van der Waals surface area contributed by atoms with Crippen LogP contribution in [-0.4, -0.2) is 23.4 Å². The van der Waals surface area contributed by atoms with Gasteiger partial charge in [-0.15, -0.1) is 0 Å². The Hall–Kier alpha value is -1.22. The molecular formula is C14H20O3. The molecule has 1 unspecified atom stereocenters. The standard InChI is InChI=1S/C14H20O3/c1-9-7-11-12(8-10(9)2)17-13(5-6-16-11)14(3,4)15/h7-8,13,15H,5-6H2,1-4H3. The Morgan fingerprint density at radius 3 is 2.35 bits per heavy atom. The van der Waals surface area contributed by atoms with Crippen molar-refractivity contribution in [3.05, 3.63) is 23.3 Å². The Morgan fingerprint density at radius 1 is 1.18 bits per heavy atom. The Labute approximate surface area is 102 Å². The Balaban J connectivity index is 2.34. The van der Waals surface area contributed by atoms with Gasteiger partial charge in [0.05, 0.1) is 12.2 Å². The lowest BCUT2D eigenvalue weighted by atomic mass is 9.99. The SMILES string of the molecule is Cc1cc2c(cc1C)OC(C(C)(C)O)CCO2. The smallest absolute Gasteiger partial charge is 0.162 e. The van der Waals surface area contributed by atoms with Gasteiger partial charge < -0.3 is 14.6 Å². The first-order valence-electron chi connectivity index (χ1n) is 6.01. The van der Waals surface area contributed by atoms with E-state index < -0.39 is 5.60 Å². The molecule has 1 heterocycles. The van der Waals surface area contributed by atoms with Gasteiger partial charge in [0.25, 0.3) is 0 Å². The summed E-state index contributed by atoms with van der Waals surface area (Å²) >= 11 is 0. The maximum atomic E-state index is 10.0. The molecule has 0 radical (unpaired) electrons. The fraction of sp³-hybridized carbons (Fsp3) is 0.571. The third-order valence-electron chi connectivity index (χ3n) is 3.25. The van der Waals surface area contributed by atoms with Crippen LogP contribution < -0.4 is 9.47 Å². The average Bonchev–Trinajstić information content (AvgIpc) is 2.40. The minimum Gasteiger partial charge on any atom is -0.490 e. The number of hydrogen-bond donors (Lipinski definition) is 1. The van der Waals surface area contributed by atoms with Crippen molar-refractivity contribution in [3.8, 4) is 11.5 Å². The van der Waals surface area contributed by atoms with E-state index in [0.717, 1.165) is 11.5 Å². The van der Waals surface area contributed by atoms with Gasteiger partial charge in [-0.25, -0.2) is 0 Å². The van der Waals surface area contributed by atoms with Crippen molar-refractivity contribution in [1.29, 1.82) is 0 Å². The molecule has 1 aromatic carbocycles. The van der Waals surface area contributed by atoms with E-state index in [1.54, 1.807) is 13.8 Å². The molecule has 17 heavy (non-hydrogen) atoms. The zero-order chi connectivity index (χ0) is 12.6. The molecule has 2 rings (SSSR count). The summed E-state index contributed by atoms with van der Waals surface area (Å²) in [4.78, 5) is 0. The van der Waals surface area contributed by atoms with Crippen LogP contribution in [0.4, 0.5) is 0 Å². The molecular weight excluding hydrogens is 216 g/mol. The van der Waals surface area contributed by atoms with Crippen LogP contribution in [0.3, 0.4) is 0 Å². The molecule has 0 saturated carbocycles. The van der Waals surface area contributed by atoms with E-state index in [9.17, 15) is 5.11 Å². The minimum atomic E-state index is -0.857. The van der Waals surface area contributed by atoms with E-state index >= 15 is 0 Å². The summed E-state index contributed by atoms with van der Waals surface area (Å²) in [5.74, 6) is 1.51. The number of ether oxygens (including phenoxy) is 2. The molecule has 0 aliphatic carbocycles. The van der Waals surface area contributed by atoms with Gasteiger partial charge in [-0.1, -0.05) is 0 Å². The highest BCUT2D eigenvalue weighted by molar-refractivity contribution is 5.47. The van der Waals surface area contributed by atoms with E-state index in [1.807, 2.05) is 19.1 Å². The number of aryl methyl sites for hydroxylation is 2. The molecule has 3 heteroatoms. The molecule has 94 valence electrons. The first-order chi connectivity index (χ1) is 7.88. The van der Waals surface area contributed by atoms with Crippen molar-refractivity contribution in [3.63, 3.8) is 0 Å². The topological polar surface area (TPSA) is 38.7 Å². The molecule has 0 bridgehead atoms. The molecule has 3 nitrogen and oxygen atoms in total. The maximum Gasteiger partial charge on any atom is 0.162 e. The summed E-state index contributed by atoms with van der Waals surface area (Å²) in [5.41, 5.74) is 1.50. The number of aliphatic hydroxyl groups is 1. The second-order valence-corrected chi connectivity index (χ2v) is 5.28. The van der Waals surface area contributed by atoms with Crippen molar-refractivity contribution in [1.82, 2.24) is 0 Å². The summed E-state index contributed by atoms with van der Waals surface area (Å²) in [6, 6.07) is 3.98. The van der Waals surface area contributed by atoms with Crippen LogP contribution >= 0.6 is 0 Å². The molecule has 1 aliphatic heterocycles. The van der Waals surface area contributed by atoms with Crippen molar-refractivity contribution < 1.29 is 14.6 Å². The second kappa shape index (κ2) is 4.22. The van der Waals surface area contributed by atoms with Crippen LogP contribution in [0.15, 0.2) is 12.1 Å². The summed E-state index contributed by atoms with van der Waals surface area (Å²) in [6.45, 7) is 8.21. The lowest BCUT2D eigenvalue weighted by molar-refractivity contribution is -0.0362. The van der Waals surface area contributed by atoms with E-state index in [4.69, 9.17) is 9.47 Å². The summed E-state index contributed by atoms with van der Waals surface area (Å²) < 4.78 is 11.6. The van der Waals surface area contributed by atoms with E-state index in [2.05, 4.69) is 6.92 Å². The lowest BCUT2D eigenvalue weighted by Gasteiger charge is -2.28. The summed E-state index contributed by atoms with van der Waals surface area (Å²) in [6.07, 6.45) is 0.460. The molecule has 0 spiro atoms. The van der Waals surface area contributed by atoms with Crippen LogP contribution in [0.25, 0.3) is 0 Å². The minimum absolute atomic E-state index is 0.231. The lowest BCUT2D eigenvalue weighted by Crippen LogP contribution is -2.40. The largest absolute Gasteiger partial charge is 0.490 e. The van der Waals surface area contributed by atoms with Crippen LogP contribution in [0.2, 0.25) is 0 Å². The van der Waals surface area contributed by atoms with E-state index in [-0.39, 0.29) is 6.10 Å². The highest BCUT2D eigenvalue weighted by Gasteiger charge is 2.31. The van der Waals surface area contributed by atoms with Gasteiger partial charge in [0.15, 0.2) is 11.5 Å².